The summed E-state index contributed by atoms with van der Waals surface area (Å²) in [6.07, 6.45) is 0. The van der Waals surface area contributed by atoms with Gasteiger partial charge in [-0.15, -0.1) is 0 Å². The van der Waals surface area contributed by atoms with Gasteiger partial charge in [0.25, 0.3) is 0 Å². The maximum absolute atomic E-state index is 11.5. The van der Waals surface area contributed by atoms with Crippen LogP contribution in [0.4, 0.5) is 0 Å². The van der Waals surface area contributed by atoms with Gasteiger partial charge in [-0.25, -0.2) is 0 Å². The Hall–Kier alpha value is -0.0726. The molecule has 2 nitrogen and oxygen atoms in total. The maximum atomic E-state index is 11.5. The molecule has 0 aliphatic rings. The number of rotatable bonds is 4. The van der Waals surface area contributed by atoms with Crippen LogP contribution >= 0.6 is 0 Å². The normalized spacial score (nSPS) is 12.9. The smallest absolute Gasteiger partial charge is 0.768 e. The van der Waals surface area contributed by atoms with E-state index in [1.165, 1.54) is 5.56 Å². The van der Waals surface area contributed by atoms with Crippen LogP contribution in [0.1, 0.15) is 76.0 Å². The van der Waals surface area contributed by atoms with E-state index in [1.807, 2.05) is 39.8 Å². The van der Waals surface area contributed by atoms with Gasteiger partial charge in [0, 0.05) is 4.90 Å². The van der Waals surface area contributed by atoms with Crippen molar-refractivity contribution in [3.8, 4) is 0 Å². The predicted octanol–water partition coefficient (Wildman–Crippen LogP) is 1.30. The van der Waals surface area contributed by atoms with Crippen LogP contribution in [0.2, 0.25) is 0 Å². The van der Waals surface area contributed by atoms with Gasteiger partial charge in [0.05, 0.1) is 0 Å². The Morgan fingerprint density at radius 1 is 0.895 bits per heavy atom. The summed E-state index contributed by atoms with van der Waals surface area (Å²) >= 11 is -2.16. The molecule has 0 fully saturated rings. The van der Waals surface area contributed by atoms with Crippen LogP contribution in [0.3, 0.4) is 0 Å². The maximum Gasteiger partial charge on any atom is 1.00 e. The molecule has 0 amide bonds. The molecule has 0 aliphatic carbocycles. The van der Waals surface area contributed by atoms with Crippen molar-refractivity contribution in [2.75, 3.05) is 0 Å². The van der Waals surface area contributed by atoms with Crippen LogP contribution in [0.25, 0.3) is 0 Å². The molecule has 0 aromatic heterocycles. The summed E-state index contributed by atoms with van der Waals surface area (Å²) in [7, 11) is 0. The number of hydrogen-bond donors (Lipinski definition) is 0. The van der Waals surface area contributed by atoms with Crippen molar-refractivity contribution in [2.24, 2.45) is 0 Å². The van der Waals surface area contributed by atoms with Crippen molar-refractivity contribution in [3.05, 3.63) is 28.8 Å². The largest absolute Gasteiger partial charge is 1.00 e. The molecule has 0 aliphatic heterocycles. The van der Waals surface area contributed by atoms with Gasteiger partial charge >= 0.3 is 18.9 Å². The predicted molar refractivity (Wildman–Crippen MR) is 75.9 cm³/mol. The summed E-state index contributed by atoms with van der Waals surface area (Å²) in [5.41, 5.74) is 3.10. The second kappa shape index (κ2) is 7.64. The van der Waals surface area contributed by atoms with E-state index in [0.717, 1.165) is 11.1 Å². The van der Waals surface area contributed by atoms with Gasteiger partial charge in [-0.3, -0.25) is 4.21 Å². The molecule has 1 aromatic carbocycles. The van der Waals surface area contributed by atoms with Crippen LogP contribution in [-0.2, 0) is 11.1 Å². The Bertz CT molecular complexity index is 424. The standard InChI is InChI=1S/C15H24O2S.Li/c1-9(2)12-7-13(10(3)4)15(18(16)17)14(8-12)11(5)6;/h7-11H,1-6H3,(H,16,17);/q;+1/p-1. The van der Waals surface area contributed by atoms with Gasteiger partial charge in [-0.1, -0.05) is 53.7 Å². The molecular weight excluding hydrogens is 251 g/mol. The minimum absolute atomic E-state index is 0. The topological polar surface area (TPSA) is 40.1 Å². The first-order valence-corrected chi connectivity index (χ1v) is 7.60. The first kappa shape index (κ1) is 18.9. The van der Waals surface area contributed by atoms with Crippen molar-refractivity contribution in [1.82, 2.24) is 0 Å². The van der Waals surface area contributed by atoms with Crippen molar-refractivity contribution in [3.63, 3.8) is 0 Å². The van der Waals surface area contributed by atoms with Crippen LogP contribution < -0.4 is 18.9 Å². The first-order valence-electron chi connectivity index (χ1n) is 6.52. The van der Waals surface area contributed by atoms with Crippen molar-refractivity contribution in [1.29, 1.82) is 0 Å². The molecule has 1 unspecified atom stereocenters. The molecule has 0 radical (unpaired) electrons. The third-order valence-electron chi connectivity index (χ3n) is 3.25. The van der Waals surface area contributed by atoms with Crippen LogP contribution in [0.15, 0.2) is 17.0 Å². The molecule has 1 atom stereocenters. The van der Waals surface area contributed by atoms with Gasteiger partial charge in [0.2, 0.25) is 0 Å². The van der Waals surface area contributed by atoms with E-state index in [0.29, 0.717) is 10.8 Å². The summed E-state index contributed by atoms with van der Waals surface area (Å²) in [4.78, 5) is 0.504. The molecule has 0 heterocycles. The van der Waals surface area contributed by atoms with Gasteiger partial charge in [-0.2, -0.15) is 0 Å². The Kier molecular flexibility index (Phi) is 7.61. The van der Waals surface area contributed by atoms with Crippen molar-refractivity contribution in [2.45, 2.75) is 64.2 Å². The zero-order valence-corrected chi connectivity index (χ0v) is 13.9. The Morgan fingerprint density at radius 2 is 1.26 bits per heavy atom. The Labute approximate surface area is 131 Å². The summed E-state index contributed by atoms with van der Waals surface area (Å²) in [6.45, 7) is 12.4. The van der Waals surface area contributed by atoms with Crippen LogP contribution in [-0.4, -0.2) is 8.76 Å². The summed E-state index contributed by atoms with van der Waals surface area (Å²) in [5, 5.41) is 0. The minimum atomic E-state index is -2.16. The fourth-order valence-corrected chi connectivity index (χ4v) is 3.06. The Morgan fingerprint density at radius 3 is 1.47 bits per heavy atom. The molecule has 0 bridgehead atoms. The minimum Gasteiger partial charge on any atom is -0.768 e. The van der Waals surface area contributed by atoms with E-state index in [4.69, 9.17) is 0 Å². The van der Waals surface area contributed by atoms with Gasteiger partial charge in [-0.05, 0) is 45.5 Å². The fourth-order valence-electron chi connectivity index (χ4n) is 2.08. The quantitative estimate of drug-likeness (QED) is 0.613. The molecule has 0 N–H and O–H groups in total. The second-order valence-electron chi connectivity index (χ2n) is 5.73. The average Bonchev–Trinajstić information content (AvgIpc) is 2.26. The molecule has 0 saturated carbocycles. The first-order chi connectivity index (χ1) is 8.25. The number of benzene rings is 1. The Balaban J connectivity index is 0.00000324. The van der Waals surface area contributed by atoms with E-state index >= 15 is 0 Å². The molecular formula is C15H23LiO2S. The second-order valence-corrected chi connectivity index (χ2v) is 6.60. The zero-order valence-electron chi connectivity index (χ0n) is 13.1. The van der Waals surface area contributed by atoms with Crippen molar-refractivity contribution >= 4 is 11.1 Å². The van der Waals surface area contributed by atoms with E-state index in [-0.39, 0.29) is 30.7 Å². The molecule has 0 spiro atoms. The third kappa shape index (κ3) is 4.46. The number of hydrogen-bond acceptors (Lipinski definition) is 2. The monoisotopic (exact) mass is 274 g/mol. The molecule has 1 aromatic rings. The van der Waals surface area contributed by atoms with E-state index in [9.17, 15) is 8.76 Å². The summed E-state index contributed by atoms with van der Waals surface area (Å²) in [5.74, 6) is 0.845. The molecule has 0 saturated heterocycles. The van der Waals surface area contributed by atoms with E-state index < -0.39 is 11.1 Å². The van der Waals surface area contributed by atoms with Crippen LogP contribution in [0, 0.1) is 0 Å². The van der Waals surface area contributed by atoms with E-state index in [1.54, 1.807) is 0 Å². The summed E-state index contributed by atoms with van der Waals surface area (Å²) < 4.78 is 23.1. The average molecular weight is 274 g/mol. The van der Waals surface area contributed by atoms with Gasteiger partial charge < -0.3 is 4.55 Å². The third-order valence-corrected chi connectivity index (χ3v) is 4.05. The van der Waals surface area contributed by atoms with Gasteiger partial charge in [0.15, 0.2) is 0 Å². The van der Waals surface area contributed by atoms with Crippen LogP contribution in [0.5, 0.6) is 0 Å². The molecule has 102 valence electrons. The fraction of sp³-hybridized carbons (Fsp3) is 0.600. The summed E-state index contributed by atoms with van der Waals surface area (Å²) in [6, 6.07) is 4.10. The molecule has 4 heteroatoms. The zero-order chi connectivity index (χ0) is 14.0. The SMILES string of the molecule is CC(C)c1cc(C(C)C)c(S(=O)[O-])c(C(C)C)c1.[Li+]. The molecule has 19 heavy (non-hydrogen) atoms. The van der Waals surface area contributed by atoms with Crippen molar-refractivity contribution < 1.29 is 27.6 Å². The van der Waals surface area contributed by atoms with E-state index in [2.05, 4.69) is 13.8 Å². The van der Waals surface area contributed by atoms with Gasteiger partial charge in [0.1, 0.15) is 0 Å². The molecule has 1 rings (SSSR count).